The number of carbonyl (C=O) groups is 1. The van der Waals surface area contributed by atoms with Crippen LogP contribution in [-0.2, 0) is 11.2 Å². The molecular weight excluding hydrogens is 244 g/mol. The quantitative estimate of drug-likeness (QED) is 0.781. The van der Waals surface area contributed by atoms with Crippen molar-refractivity contribution in [2.75, 3.05) is 7.05 Å². The van der Waals surface area contributed by atoms with Gasteiger partial charge in [0, 0.05) is 13.5 Å². The fourth-order valence-electron chi connectivity index (χ4n) is 1.61. The zero-order chi connectivity index (χ0) is 13.7. The Bertz CT molecular complexity index is 599. The van der Waals surface area contributed by atoms with E-state index in [2.05, 4.69) is 4.98 Å². The number of nitrogens with zero attached hydrogens (tertiary/aromatic N) is 2. The summed E-state index contributed by atoms with van der Waals surface area (Å²) in [4.78, 5) is 27.9. The van der Waals surface area contributed by atoms with Gasteiger partial charge in [0.05, 0.1) is 6.20 Å². The van der Waals surface area contributed by atoms with Crippen LogP contribution in [0.2, 0.25) is 0 Å². The Balaban J connectivity index is 2.15. The highest BCUT2D eigenvalue weighted by molar-refractivity contribution is 5.91. The maximum absolute atomic E-state index is 12.0. The molecule has 0 aliphatic rings. The van der Waals surface area contributed by atoms with Crippen LogP contribution in [0.1, 0.15) is 16.2 Å². The maximum atomic E-state index is 12.0. The predicted molar refractivity (Wildman–Crippen MR) is 67.9 cm³/mol. The minimum absolute atomic E-state index is 0.0525. The molecule has 0 radical (unpaired) electrons. The average Bonchev–Trinajstić information content (AvgIpc) is 2.98. The number of aromatic nitrogens is 1. The fraction of sp³-hybridized carbons (Fsp3) is 0.143. The minimum Gasteiger partial charge on any atom is -0.441 e. The monoisotopic (exact) mass is 256 g/mol. The molecule has 0 aliphatic carbocycles. The van der Waals surface area contributed by atoms with Gasteiger partial charge >= 0.3 is 5.91 Å². The van der Waals surface area contributed by atoms with Crippen LogP contribution in [0, 0.1) is 0 Å². The number of amides is 1. The molecule has 0 saturated carbocycles. The first-order chi connectivity index (χ1) is 9.22. The Morgan fingerprint density at radius 2 is 2.11 bits per heavy atom. The van der Waals surface area contributed by atoms with Crippen molar-refractivity contribution in [1.82, 2.24) is 9.88 Å². The molecule has 2 aromatic rings. The average molecular weight is 256 g/mol. The largest absolute Gasteiger partial charge is 0.441 e. The van der Waals surface area contributed by atoms with E-state index in [0.29, 0.717) is 6.42 Å². The lowest BCUT2D eigenvalue weighted by molar-refractivity contribution is 0.0796. The number of rotatable bonds is 4. The normalized spacial score (nSPS) is 9.74. The van der Waals surface area contributed by atoms with Crippen LogP contribution in [0.4, 0.5) is 0 Å². The second-order valence-corrected chi connectivity index (χ2v) is 3.91. The molecule has 0 bridgehead atoms. The lowest BCUT2D eigenvalue weighted by atomic mass is 10.1. The summed E-state index contributed by atoms with van der Waals surface area (Å²) in [7, 11) is 1.50. The van der Waals surface area contributed by atoms with Crippen molar-refractivity contribution < 1.29 is 14.0 Å². The van der Waals surface area contributed by atoms with Crippen molar-refractivity contribution in [2.45, 2.75) is 6.42 Å². The number of hydrogen-bond donors (Lipinski definition) is 0. The molecule has 5 nitrogen and oxygen atoms in total. The Kier molecular flexibility index (Phi) is 3.90. The molecule has 2 rings (SSSR count). The van der Waals surface area contributed by atoms with Gasteiger partial charge in [-0.05, 0) is 5.56 Å². The number of likely N-dealkylation sites (N-methyl/N-ethyl adjacent to an activating group) is 1. The van der Waals surface area contributed by atoms with Crippen LogP contribution >= 0.6 is 0 Å². The third-order valence-electron chi connectivity index (χ3n) is 2.66. The molecule has 1 aromatic heterocycles. The summed E-state index contributed by atoms with van der Waals surface area (Å²) in [5, 5.41) is 0. The molecule has 1 aromatic carbocycles. The van der Waals surface area contributed by atoms with E-state index in [1.54, 1.807) is 5.94 Å². The summed E-state index contributed by atoms with van der Waals surface area (Å²) in [6.07, 6.45) is 3.01. The van der Waals surface area contributed by atoms with Crippen molar-refractivity contribution in [3.05, 3.63) is 59.9 Å². The van der Waals surface area contributed by atoms with Crippen molar-refractivity contribution in [3.63, 3.8) is 0 Å². The van der Waals surface area contributed by atoms with Gasteiger partial charge in [-0.25, -0.2) is 9.78 Å². The summed E-state index contributed by atoms with van der Waals surface area (Å²) in [5.41, 5.74) is 1.15. The minimum atomic E-state index is -0.473. The van der Waals surface area contributed by atoms with Gasteiger partial charge in [0.15, 0.2) is 0 Å². The van der Waals surface area contributed by atoms with Gasteiger partial charge in [-0.2, -0.15) is 0 Å². The standard InChI is InChI=1S/C14H12N2O3/c1-16(14(18)13-15-7-8-19-13)12(10-17)9-11-5-3-2-4-6-11/h2-8H,9H2,1H3. The van der Waals surface area contributed by atoms with Gasteiger partial charge in [0.25, 0.3) is 5.89 Å². The molecule has 0 N–H and O–H groups in total. The number of carbonyl (C=O) groups excluding carboxylic acids is 2. The third kappa shape index (κ3) is 2.97. The van der Waals surface area contributed by atoms with Crippen LogP contribution in [0.25, 0.3) is 0 Å². The molecule has 1 amide bonds. The second-order valence-electron chi connectivity index (χ2n) is 3.91. The van der Waals surface area contributed by atoms with E-state index in [4.69, 9.17) is 4.42 Å². The van der Waals surface area contributed by atoms with Crippen LogP contribution < -0.4 is 0 Å². The Hall–Kier alpha value is -2.65. The van der Waals surface area contributed by atoms with E-state index in [-0.39, 0.29) is 11.6 Å². The van der Waals surface area contributed by atoms with Crippen LogP contribution in [0.15, 0.2) is 52.9 Å². The van der Waals surface area contributed by atoms with Crippen molar-refractivity contribution in [3.8, 4) is 0 Å². The number of hydrogen-bond acceptors (Lipinski definition) is 4. The zero-order valence-electron chi connectivity index (χ0n) is 10.4. The van der Waals surface area contributed by atoms with Crippen molar-refractivity contribution in [2.24, 2.45) is 0 Å². The Morgan fingerprint density at radius 3 is 2.68 bits per heavy atom. The Labute approximate surface area is 110 Å². The van der Waals surface area contributed by atoms with E-state index < -0.39 is 5.91 Å². The summed E-state index contributed by atoms with van der Waals surface area (Å²) in [6.45, 7) is 0. The molecule has 0 unspecified atom stereocenters. The first-order valence-electron chi connectivity index (χ1n) is 5.68. The molecule has 0 atom stereocenters. The van der Waals surface area contributed by atoms with Crippen LogP contribution in [0.3, 0.4) is 0 Å². The van der Waals surface area contributed by atoms with E-state index in [9.17, 15) is 9.59 Å². The molecule has 0 aliphatic heterocycles. The first-order valence-corrected chi connectivity index (χ1v) is 5.68. The highest BCUT2D eigenvalue weighted by Gasteiger charge is 2.20. The van der Waals surface area contributed by atoms with E-state index in [0.717, 1.165) is 5.56 Å². The molecular formula is C14H12N2O3. The second kappa shape index (κ2) is 5.80. The van der Waals surface area contributed by atoms with E-state index in [1.165, 1.54) is 24.4 Å². The lowest BCUT2D eigenvalue weighted by Gasteiger charge is -2.15. The fourth-order valence-corrected chi connectivity index (χ4v) is 1.61. The van der Waals surface area contributed by atoms with Crippen LogP contribution in [-0.4, -0.2) is 28.8 Å². The summed E-state index contributed by atoms with van der Waals surface area (Å²) in [6, 6.07) is 9.37. The molecule has 1 heterocycles. The smallest absolute Gasteiger partial charge is 0.314 e. The SMILES string of the molecule is CN(C(=O)c1ncco1)C(=C=O)Cc1ccccc1. The van der Waals surface area contributed by atoms with Gasteiger partial charge in [-0.3, -0.25) is 4.79 Å². The summed E-state index contributed by atoms with van der Waals surface area (Å²) >= 11 is 0. The Morgan fingerprint density at radius 1 is 1.37 bits per heavy atom. The third-order valence-corrected chi connectivity index (χ3v) is 2.66. The van der Waals surface area contributed by atoms with Gasteiger partial charge in [0.1, 0.15) is 17.9 Å². The molecule has 0 saturated heterocycles. The number of oxazole rings is 1. The van der Waals surface area contributed by atoms with Crippen molar-refractivity contribution in [1.29, 1.82) is 0 Å². The number of allylic oxidation sites excluding steroid dienone is 1. The van der Waals surface area contributed by atoms with Crippen LogP contribution in [0.5, 0.6) is 0 Å². The highest BCUT2D eigenvalue weighted by atomic mass is 16.4. The number of benzene rings is 1. The van der Waals surface area contributed by atoms with Gasteiger partial charge < -0.3 is 9.32 Å². The first kappa shape index (κ1) is 12.8. The molecule has 96 valence electrons. The van der Waals surface area contributed by atoms with Gasteiger partial charge in [-0.1, -0.05) is 30.3 Å². The molecule has 5 heteroatoms. The predicted octanol–water partition coefficient (Wildman–Crippen LogP) is 1.70. The molecule has 0 spiro atoms. The van der Waals surface area contributed by atoms with E-state index >= 15 is 0 Å². The van der Waals surface area contributed by atoms with Gasteiger partial charge in [-0.15, -0.1) is 0 Å². The zero-order valence-corrected chi connectivity index (χ0v) is 10.4. The van der Waals surface area contributed by atoms with Gasteiger partial charge in [0.2, 0.25) is 0 Å². The highest BCUT2D eigenvalue weighted by Crippen LogP contribution is 2.11. The summed E-state index contributed by atoms with van der Waals surface area (Å²) in [5.74, 6) is 1.27. The summed E-state index contributed by atoms with van der Waals surface area (Å²) < 4.78 is 4.92. The topological polar surface area (TPSA) is 63.4 Å². The molecule has 0 fully saturated rings. The maximum Gasteiger partial charge on any atom is 0.314 e. The lowest BCUT2D eigenvalue weighted by Crippen LogP contribution is -2.27. The van der Waals surface area contributed by atoms with Crippen molar-refractivity contribution >= 4 is 11.8 Å². The molecule has 19 heavy (non-hydrogen) atoms. The van der Waals surface area contributed by atoms with E-state index in [1.807, 2.05) is 30.3 Å².